The lowest BCUT2D eigenvalue weighted by molar-refractivity contribution is -0.171. The third kappa shape index (κ3) is 4.11. The van der Waals surface area contributed by atoms with Crippen molar-refractivity contribution in [1.82, 2.24) is 0 Å². The summed E-state index contributed by atoms with van der Waals surface area (Å²) in [6, 6.07) is 6.36. The van der Waals surface area contributed by atoms with Gasteiger partial charge < -0.3 is 23.4 Å². The summed E-state index contributed by atoms with van der Waals surface area (Å²) < 4.78 is 26.0. The van der Waals surface area contributed by atoms with E-state index in [9.17, 15) is 19.2 Å². The van der Waals surface area contributed by atoms with Crippen LogP contribution in [0, 0.1) is 6.92 Å². The predicted molar refractivity (Wildman–Crippen MR) is 96.9 cm³/mol. The number of fused-ring (bicyclic) bond motifs is 1. The number of aryl methyl sites for hydroxylation is 1. The highest BCUT2D eigenvalue weighted by molar-refractivity contribution is 7.99. The van der Waals surface area contributed by atoms with Gasteiger partial charge in [0, 0.05) is 23.3 Å². The maximum absolute atomic E-state index is 11.6. The Balaban J connectivity index is 1.88. The van der Waals surface area contributed by atoms with E-state index in [1.807, 2.05) is 0 Å². The van der Waals surface area contributed by atoms with Gasteiger partial charge in [0.1, 0.15) is 11.3 Å². The highest BCUT2D eigenvalue weighted by Gasteiger charge is 2.46. The molecule has 4 unspecified atom stereocenters. The van der Waals surface area contributed by atoms with Gasteiger partial charge in [-0.15, -0.1) is 11.8 Å². The van der Waals surface area contributed by atoms with Crippen LogP contribution in [0.3, 0.4) is 0 Å². The monoisotopic (exact) mass is 408 g/mol. The number of hydrogen-bond acceptors (Lipinski definition) is 10. The van der Waals surface area contributed by atoms with Gasteiger partial charge in [0.25, 0.3) is 19.4 Å². The second kappa shape index (κ2) is 8.79. The van der Waals surface area contributed by atoms with Crippen LogP contribution in [0.4, 0.5) is 0 Å². The van der Waals surface area contributed by atoms with Gasteiger partial charge in [0.2, 0.25) is 0 Å². The first-order valence-electron chi connectivity index (χ1n) is 8.17. The van der Waals surface area contributed by atoms with Crippen LogP contribution in [0.2, 0.25) is 0 Å². The Labute approximate surface area is 162 Å². The lowest BCUT2D eigenvalue weighted by atomic mass is 10.1. The van der Waals surface area contributed by atoms with Crippen LogP contribution in [-0.2, 0) is 28.6 Å². The van der Waals surface area contributed by atoms with Gasteiger partial charge in [-0.2, -0.15) is 0 Å². The van der Waals surface area contributed by atoms with E-state index in [1.165, 1.54) is 17.8 Å². The lowest BCUT2D eigenvalue weighted by Gasteiger charge is -2.38. The zero-order chi connectivity index (χ0) is 20.1. The highest BCUT2D eigenvalue weighted by Crippen LogP contribution is 2.34. The summed E-state index contributed by atoms with van der Waals surface area (Å²) in [5.74, 6) is 0.612. The summed E-state index contributed by atoms with van der Waals surface area (Å²) >= 11 is 1.22. The van der Waals surface area contributed by atoms with Gasteiger partial charge in [0.05, 0.1) is 0 Å². The van der Waals surface area contributed by atoms with Crippen molar-refractivity contribution in [3.63, 3.8) is 0 Å². The zero-order valence-corrected chi connectivity index (χ0v) is 15.5. The van der Waals surface area contributed by atoms with Gasteiger partial charge >= 0.3 is 5.63 Å². The molecule has 1 aromatic carbocycles. The summed E-state index contributed by atoms with van der Waals surface area (Å²) in [5, 5.41) is 0.755. The number of benzene rings is 1. The van der Waals surface area contributed by atoms with E-state index >= 15 is 0 Å². The second-order valence-electron chi connectivity index (χ2n) is 5.89. The van der Waals surface area contributed by atoms with Gasteiger partial charge in [0.15, 0.2) is 23.7 Å². The summed E-state index contributed by atoms with van der Waals surface area (Å²) in [6.45, 7) is 2.42. The van der Waals surface area contributed by atoms with Crippen molar-refractivity contribution in [3.8, 4) is 5.75 Å². The minimum Gasteiger partial charge on any atom is -0.476 e. The number of ether oxygens (including phenoxy) is 4. The fourth-order valence-corrected chi connectivity index (χ4v) is 4.22. The number of hydrogen-bond donors (Lipinski definition) is 0. The Hall–Kier alpha value is -3.01. The van der Waals surface area contributed by atoms with Crippen molar-refractivity contribution in [3.05, 3.63) is 40.2 Å². The molecule has 0 aliphatic carbocycles. The van der Waals surface area contributed by atoms with Gasteiger partial charge in [-0.1, -0.05) is 0 Å². The number of carbonyl (C=O) groups excluding carboxylic acids is 3. The van der Waals surface area contributed by atoms with Crippen LogP contribution < -0.4 is 10.4 Å². The maximum Gasteiger partial charge on any atom is 0.336 e. The van der Waals surface area contributed by atoms with E-state index in [1.54, 1.807) is 25.1 Å². The Morgan fingerprint density at radius 1 is 1.04 bits per heavy atom. The topological polar surface area (TPSA) is 118 Å². The van der Waals surface area contributed by atoms with Crippen molar-refractivity contribution < 1.29 is 37.7 Å². The minimum absolute atomic E-state index is 0.188. The number of rotatable bonds is 8. The predicted octanol–water partition coefficient (Wildman–Crippen LogP) is 1.18. The summed E-state index contributed by atoms with van der Waals surface area (Å²) in [6.07, 6.45) is -2.85. The first-order chi connectivity index (χ1) is 13.6. The molecule has 1 aliphatic rings. The molecule has 2 heterocycles. The largest absolute Gasteiger partial charge is 0.476 e. The molecular formula is C18H16O9S. The molecule has 2 aromatic rings. The zero-order valence-electron chi connectivity index (χ0n) is 14.6. The third-order valence-electron chi connectivity index (χ3n) is 4.21. The first-order valence-corrected chi connectivity index (χ1v) is 9.22. The van der Waals surface area contributed by atoms with Gasteiger partial charge in [-0.3, -0.25) is 14.4 Å². The maximum atomic E-state index is 11.6. The molecule has 28 heavy (non-hydrogen) atoms. The Kier molecular flexibility index (Phi) is 6.19. The van der Waals surface area contributed by atoms with Crippen LogP contribution in [0.1, 0.15) is 5.56 Å². The molecule has 0 spiro atoms. The Bertz CT molecular complexity index is 925. The minimum atomic E-state index is -1.03. The summed E-state index contributed by atoms with van der Waals surface area (Å²) in [4.78, 5) is 44.1. The number of carbonyl (C=O) groups is 3. The van der Waals surface area contributed by atoms with E-state index in [-0.39, 0.29) is 25.2 Å². The Morgan fingerprint density at radius 3 is 2.46 bits per heavy atom. The van der Waals surface area contributed by atoms with Crippen molar-refractivity contribution in [1.29, 1.82) is 0 Å². The fourth-order valence-electron chi connectivity index (χ4n) is 2.98. The molecule has 0 bridgehead atoms. The smallest absolute Gasteiger partial charge is 0.336 e. The van der Waals surface area contributed by atoms with Gasteiger partial charge in [-0.05, 0) is 24.6 Å². The van der Waals surface area contributed by atoms with E-state index in [4.69, 9.17) is 23.4 Å². The highest BCUT2D eigenvalue weighted by atomic mass is 32.2. The molecule has 4 atom stereocenters. The molecule has 148 valence electrons. The van der Waals surface area contributed by atoms with Crippen LogP contribution >= 0.6 is 11.8 Å². The normalized spacial score (nSPS) is 24.2. The van der Waals surface area contributed by atoms with Crippen molar-refractivity contribution in [2.75, 3.05) is 5.75 Å². The van der Waals surface area contributed by atoms with Crippen molar-refractivity contribution >= 4 is 42.1 Å². The summed E-state index contributed by atoms with van der Waals surface area (Å²) in [5.41, 5.74) is -0.125. The molecule has 1 fully saturated rings. The van der Waals surface area contributed by atoms with Crippen LogP contribution in [0.5, 0.6) is 5.75 Å². The quantitative estimate of drug-likeness (QED) is 0.358. The molecule has 9 nitrogen and oxygen atoms in total. The van der Waals surface area contributed by atoms with Crippen LogP contribution in [0.25, 0.3) is 11.0 Å². The van der Waals surface area contributed by atoms with Crippen molar-refractivity contribution in [2.24, 2.45) is 0 Å². The first kappa shape index (κ1) is 19.7. The molecule has 0 amide bonds. The molecule has 1 aromatic heterocycles. The average molecular weight is 408 g/mol. The molecule has 0 saturated carbocycles. The molecule has 3 rings (SSSR count). The molecule has 1 aliphatic heterocycles. The van der Waals surface area contributed by atoms with E-state index in [2.05, 4.69) is 0 Å². The standard InChI is InChI=1S/C18H16O9S/c1-10-4-15(22)27-13-5-11(2-3-12(10)13)26-18-17(25-9-21)16(24-8-20)14(6-28-18)23-7-19/h2-5,7-9,14,16-18H,6H2,1H3. The van der Waals surface area contributed by atoms with E-state index in [0.717, 1.165) is 10.9 Å². The molecule has 0 N–H and O–H groups in total. The van der Waals surface area contributed by atoms with E-state index < -0.39 is 29.4 Å². The van der Waals surface area contributed by atoms with Crippen LogP contribution in [0.15, 0.2) is 33.5 Å². The Morgan fingerprint density at radius 2 is 1.75 bits per heavy atom. The molecule has 10 heteroatoms. The lowest BCUT2D eigenvalue weighted by Crippen LogP contribution is -2.54. The molecule has 1 saturated heterocycles. The number of thioether (sulfide) groups is 1. The average Bonchev–Trinajstić information content (AvgIpc) is 2.66. The molecule has 0 radical (unpaired) electrons. The second-order valence-corrected chi connectivity index (χ2v) is 7.02. The summed E-state index contributed by atoms with van der Waals surface area (Å²) in [7, 11) is 0. The van der Waals surface area contributed by atoms with Crippen LogP contribution in [-0.4, -0.2) is 48.9 Å². The third-order valence-corrected chi connectivity index (χ3v) is 5.43. The fraction of sp³-hybridized carbons (Fsp3) is 0.333. The molecular weight excluding hydrogens is 392 g/mol. The van der Waals surface area contributed by atoms with Crippen molar-refractivity contribution in [2.45, 2.75) is 30.7 Å². The SMILES string of the molecule is Cc1cc(=O)oc2cc(OC3SCC(OC=O)C(OC=O)C3OC=O)ccc12. The van der Waals surface area contributed by atoms with E-state index in [0.29, 0.717) is 11.3 Å². The van der Waals surface area contributed by atoms with Gasteiger partial charge in [-0.25, -0.2) is 4.79 Å².